The fraction of sp³-hybridized carbons (Fsp3) is 0.556. The Hall–Kier alpha value is -0.970. The lowest BCUT2D eigenvalue weighted by Crippen LogP contribution is -2.13. The van der Waals surface area contributed by atoms with Crippen molar-refractivity contribution in [2.24, 2.45) is 0 Å². The number of hydrogen-bond acceptors (Lipinski definition) is 5. The van der Waals surface area contributed by atoms with Crippen LogP contribution in [0.1, 0.15) is 6.92 Å². The molecule has 0 aliphatic carbocycles. The Balaban J connectivity index is 2.50. The van der Waals surface area contributed by atoms with Gasteiger partial charge in [-0.1, -0.05) is 6.92 Å². The van der Waals surface area contributed by atoms with Crippen molar-refractivity contribution in [3.8, 4) is 5.88 Å². The summed E-state index contributed by atoms with van der Waals surface area (Å²) in [4.78, 5) is 8.01. The molecule has 0 aliphatic heterocycles. The number of ether oxygens (including phenoxy) is 1. The maximum Gasteiger partial charge on any atom is 0.218 e. The van der Waals surface area contributed by atoms with Crippen LogP contribution < -0.4 is 10.1 Å². The highest BCUT2D eigenvalue weighted by molar-refractivity contribution is 7.99. The molecule has 4 nitrogen and oxygen atoms in total. The van der Waals surface area contributed by atoms with Crippen molar-refractivity contribution in [3.05, 3.63) is 12.4 Å². The molecule has 1 unspecified atom stereocenters. The number of hydrogen-bond donors (Lipinski definition) is 1. The van der Waals surface area contributed by atoms with E-state index in [9.17, 15) is 0 Å². The van der Waals surface area contributed by atoms with Crippen LogP contribution in [0.2, 0.25) is 0 Å². The molecule has 0 radical (unpaired) electrons. The van der Waals surface area contributed by atoms with Crippen LogP contribution >= 0.6 is 11.8 Å². The van der Waals surface area contributed by atoms with Crippen molar-refractivity contribution in [1.29, 1.82) is 0 Å². The molecule has 1 heterocycles. The first-order valence-corrected chi connectivity index (χ1v) is 5.67. The fourth-order valence-electron chi connectivity index (χ4n) is 0.879. The summed E-state index contributed by atoms with van der Waals surface area (Å²) in [5.74, 6) is 1.39. The molecule has 5 heteroatoms. The Kier molecular flexibility index (Phi) is 4.52. The van der Waals surface area contributed by atoms with E-state index < -0.39 is 0 Å². The molecule has 0 aliphatic rings. The standard InChI is InChI=1S/C9H15N3OS/c1-7(14-3)5-10-8-4-9(13-2)12-6-11-8/h4,6-7H,5H2,1-3H3,(H,10,11,12). The number of methoxy groups -OCH3 is 1. The number of aromatic nitrogens is 2. The van der Waals surface area contributed by atoms with Gasteiger partial charge in [0.1, 0.15) is 12.1 Å². The number of nitrogens with zero attached hydrogens (tertiary/aromatic N) is 2. The summed E-state index contributed by atoms with van der Waals surface area (Å²) in [6, 6.07) is 1.78. The molecule has 0 spiro atoms. The van der Waals surface area contributed by atoms with Crippen LogP contribution in [-0.4, -0.2) is 35.1 Å². The van der Waals surface area contributed by atoms with E-state index in [-0.39, 0.29) is 0 Å². The van der Waals surface area contributed by atoms with Crippen molar-refractivity contribution in [2.75, 3.05) is 25.2 Å². The van der Waals surface area contributed by atoms with Crippen LogP contribution in [0.4, 0.5) is 5.82 Å². The van der Waals surface area contributed by atoms with Gasteiger partial charge in [0, 0.05) is 17.9 Å². The van der Waals surface area contributed by atoms with Crippen LogP contribution in [0.3, 0.4) is 0 Å². The normalized spacial score (nSPS) is 12.2. The Morgan fingerprint density at radius 1 is 1.57 bits per heavy atom. The number of anilines is 1. The molecule has 0 bridgehead atoms. The molecule has 0 saturated heterocycles. The van der Waals surface area contributed by atoms with E-state index in [2.05, 4.69) is 28.5 Å². The predicted octanol–water partition coefficient (Wildman–Crippen LogP) is 1.65. The van der Waals surface area contributed by atoms with Crippen LogP contribution in [-0.2, 0) is 0 Å². The highest BCUT2D eigenvalue weighted by Gasteiger charge is 2.01. The minimum atomic E-state index is 0.566. The second-order valence-corrected chi connectivity index (χ2v) is 4.15. The zero-order valence-electron chi connectivity index (χ0n) is 8.65. The summed E-state index contributed by atoms with van der Waals surface area (Å²) in [6.45, 7) is 3.05. The van der Waals surface area contributed by atoms with Gasteiger partial charge in [0.2, 0.25) is 5.88 Å². The summed E-state index contributed by atoms with van der Waals surface area (Å²) in [7, 11) is 1.59. The molecule has 1 atom stereocenters. The maximum atomic E-state index is 4.99. The first kappa shape index (κ1) is 11.1. The highest BCUT2D eigenvalue weighted by atomic mass is 32.2. The lowest BCUT2D eigenvalue weighted by molar-refractivity contribution is 0.397. The zero-order chi connectivity index (χ0) is 10.4. The number of rotatable bonds is 5. The topological polar surface area (TPSA) is 47.0 Å². The summed E-state index contributed by atoms with van der Waals surface area (Å²) >= 11 is 1.82. The van der Waals surface area contributed by atoms with Crippen molar-refractivity contribution in [3.63, 3.8) is 0 Å². The lowest BCUT2D eigenvalue weighted by atomic mass is 10.4. The second-order valence-electron chi connectivity index (χ2n) is 2.87. The molecular formula is C9H15N3OS. The Morgan fingerprint density at radius 2 is 2.36 bits per heavy atom. The second kappa shape index (κ2) is 5.70. The molecule has 78 valence electrons. The van der Waals surface area contributed by atoms with Crippen LogP contribution in [0.15, 0.2) is 12.4 Å². The minimum absolute atomic E-state index is 0.566. The van der Waals surface area contributed by atoms with E-state index in [1.54, 1.807) is 13.2 Å². The number of nitrogens with one attached hydrogen (secondary N) is 1. The average Bonchev–Trinajstić information content (AvgIpc) is 2.26. The third-order valence-corrected chi connectivity index (χ3v) is 2.80. The molecular weight excluding hydrogens is 198 g/mol. The molecule has 1 aromatic heterocycles. The van der Waals surface area contributed by atoms with Gasteiger partial charge < -0.3 is 10.1 Å². The van der Waals surface area contributed by atoms with E-state index in [1.165, 1.54) is 6.33 Å². The monoisotopic (exact) mass is 213 g/mol. The quantitative estimate of drug-likeness (QED) is 0.806. The molecule has 0 amide bonds. The van der Waals surface area contributed by atoms with Gasteiger partial charge in [0.05, 0.1) is 7.11 Å². The zero-order valence-corrected chi connectivity index (χ0v) is 9.47. The SMILES string of the molecule is COc1cc(NCC(C)SC)ncn1. The molecule has 0 aromatic carbocycles. The lowest BCUT2D eigenvalue weighted by Gasteiger charge is -2.10. The summed E-state index contributed by atoms with van der Waals surface area (Å²) in [5.41, 5.74) is 0. The minimum Gasteiger partial charge on any atom is -0.481 e. The van der Waals surface area contributed by atoms with Gasteiger partial charge in [-0.3, -0.25) is 0 Å². The van der Waals surface area contributed by atoms with Crippen molar-refractivity contribution in [2.45, 2.75) is 12.2 Å². The van der Waals surface area contributed by atoms with Gasteiger partial charge in [0.25, 0.3) is 0 Å². The number of thioether (sulfide) groups is 1. The Bertz CT molecular complexity index is 283. The van der Waals surface area contributed by atoms with Gasteiger partial charge in [-0.25, -0.2) is 9.97 Å². The van der Waals surface area contributed by atoms with Crippen LogP contribution in [0.5, 0.6) is 5.88 Å². The molecule has 1 rings (SSSR count). The summed E-state index contributed by atoms with van der Waals surface area (Å²) in [6.07, 6.45) is 3.58. The van der Waals surface area contributed by atoms with Crippen molar-refractivity contribution >= 4 is 17.6 Å². The third-order valence-electron chi connectivity index (χ3n) is 1.82. The maximum absolute atomic E-state index is 4.99. The van der Waals surface area contributed by atoms with Crippen molar-refractivity contribution < 1.29 is 4.74 Å². The summed E-state index contributed by atoms with van der Waals surface area (Å²) < 4.78 is 4.99. The Labute approximate surface area is 88.5 Å². The smallest absolute Gasteiger partial charge is 0.218 e. The van der Waals surface area contributed by atoms with E-state index in [0.29, 0.717) is 11.1 Å². The molecule has 1 aromatic rings. The molecule has 14 heavy (non-hydrogen) atoms. The molecule has 1 N–H and O–H groups in total. The third kappa shape index (κ3) is 3.41. The first-order chi connectivity index (χ1) is 6.76. The molecule has 0 fully saturated rings. The molecule has 0 saturated carbocycles. The first-order valence-electron chi connectivity index (χ1n) is 4.39. The van der Waals surface area contributed by atoms with Crippen LogP contribution in [0.25, 0.3) is 0 Å². The average molecular weight is 213 g/mol. The van der Waals surface area contributed by atoms with Crippen molar-refractivity contribution in [1.82, 2.24) is 9.97 Å². The van der Waals surface area contributed by atoms with Gasteiger partial charge in [-0.2, -0.15) is 11.8 Å². The highest BCUT2D eigenvalue weighted by Crippen LogP contribution is 2.11. The van der Waals surface area contributed by atoms with E-state index in [4.69, 9.17) is 4.74 Å². The van der Waals surface area contributed by atoms with Crippen LogP contribution in [0, 0.1) is 0 Å². The van der Waals surface area contributed by atoms with Gasteiger partial charge in [-0.15, -0.1) is 0 Å². The Morgan fingerprint density at radius 3 is 3.00 bits per heavy atom. The van der Waals surface area contributed by atoms with E-state index in [0.717, 1.165) is 12.4 Å². The van der Waals surface area contributed by atoms with Gasteiger partial charge in [-0.05, 0) is 6.26 Å². The predicted molar refractivity (Wildman–Crippen MR) is 60.1 cm³/mol. The van der Waals surface area contributed by atoms with Gasteiger partial charge in [0.15, 0.2) is 0 Å². The summed E-state index contributed by atoms with van der Waals surface area (Å²) in [5, 5.41) is 3.78. The van der Waals surface area contributed by atoms with Gasteiger partial charge >= 0.3 is 0 Å². The largest absolute Gasteiger partial charge is 0.481 e. The fourth-order valence-corrected chi connectivity index (χ4v) is 1.13. The van der Waals surface area contributed by atoms with E-state index in [1.807, 2.05) is 11.8 Å². The van der Waals surface area contributed by atoms with E-state index >= 15 is 0 Å².